The minimum atomic E-state index is -0.151. The van der Waals surface area contributed by atoms with Crippen molar-refractivity contribution in [3.8, 4) is 0 Å². The third-order valence-corrected chi connectivity index (χ3v) is 2.64. The van der Waals surface area contributed by atoms with E-state index in [0.29, 0.717) is 6.04 Å². The molecule has 96 valence electrons. The average Bonchev–Trinajstić information content (AvgIpc) is 2.25. The van der Waals surface area contributed by atoms with Gasteiger partial charge in [-0.25, -0.2) is 4.39 Å². The zero-order chi connectivity index (χ0) is 12.7. The predicted molar refractivity (Wildman–Crippen MR) is 70.7 cm³/mol. The summed E-state index contributed by atoms with van der Waals surface area (Å²) in [4.78, 5) is 2.16. The van der Waals surface area contributed by atoms with Gasteiger partial charge in [-0.15, -0.1) is 0 Å². The van der Waals surface area contributed by atoms with Crippen LogP contribution in [0.5, 0.6) is 0 Å². The lowest BCUT2D eigenvalue weighted by Crippen LogP contribution is -2.40. The Balaban J connectivity index is 2.58. The van der Waals surface area contributed by atoms with Gasteiger partial charge in [0.2, 0.25) is 0 Å². The van der Waals surface area contributed by atoms with Crippen molar-refractivity contribution in [3.05, 3.63) is 35.6 Å². The van der Waals surface area contributed by atoms with Gasteiger partial charge in [-0.3, -0.25) is 0 Å². The van der Waals surface area contributed by atoms with E-state index < -0.39 is 0 Å². The summed E-state index contributed by atoms with van der Waals surface area (Å²) in [5.41, 5.74) is 1.06. The number of hydrogen-bond donors (Lipinski definition) is 1. The minimum Gasteiger partial charge on any atom is -0.312 e. The van der Waals surface area contributed by atoms with Crippen LogP contribution in [0.3, 0.4) is 0 Å². The molecule has 0 spiro atoms. The summed E-state index contributed by atoms with van der Waals surface area (Å²) in [6.45, 7) is 4.13. The summed E-state index contributed by atoms with van der Waals surface area (Å²) in [5.74, 6) is -0.151. The van der Waals surface area contributed by atoms with Crippen LogP contribution in [0.1, 0.15) is 18.9 Å². The van der Waals surface area contributed by atoms with Crippen molar-refractivity contribution < 1.29 is 4.39 Å². The lowest BCUT2D eigenvalue weighted by atomic mass is 10.1. The second kappa shape index (κ2) is 7.41. The molecule has 0 amide bonds. The SMILES string of the molecule is CCCNC(Cc1cccc(F)c1)CN(C)C. The zero-order valence-electron chi connectivity index (χ0n) is 11.0. The largest absolute Gasteiger partial charge is 0.312 e. The summed E-state index contributed by atoms with van der Waals surface area (Å²) in [6.07, 6.45) is 1.99. The van der Waals surface area contributed by atoms with Gasteiger partial charge in [-0.05, 0) is 51.2 Å². The van der Waals surface area contributed by atoms with Crippen LogP contribution in [-0.4, -0.2) is 38.1 Å². The second-order valence-corrected chi connectivity index (χ2v) is 4.75. The molecule has 1 atom stereocenters. The first-order chi connectivity index (χ1) is 8.11. The number of halogens is 1. The first-order valence-corrected chi connectivity index (χ1v) is 6.24. The van der Waals surface area contributed by atoms with E-state index in [2.05, 4.69) is 31.2 Å². The number of nitrogens with zero attached hydrogens (tertiary/aromatic N) is 1. The molecule has 1 N–H and O–H groups in total. The molecule has 17 heavy (non-hydrogen) atoms. The number of nitrogens with one attached hydrogen (secondary N) is 1. The third-order valence-electron chi connectivity index (χ3n) is 2.64. The highest BCUT2D eigenvalue weighted by Gasteiger charge is 2.10. The molecule has 0 radical (unpaired) electrons. The first-order valence-electron chi connectivity index (χ1n) is 6.24. The van der Waals surface area contributed by atoms with Crippen molar-refractivity contribution in [2.75, 3.05) is 27.2 Å². The van der Waals surface area contributed by atoms with Crippen molar-refractivity contribution in [2.45, 2.75) is 25.8 Å². The van der Waals surface area contributed by atoms with Gasteiger partial charge in [-0.1, -0.05) is 19.1 Å². The Hall–Kier alpha value is -0.930. The standard InChI is InChI=1S/C14H23FN2/c1-4-8-16-14(11-17(2)3)10-12-6-5-7-13(15)9-12/h5-7,9,14,16H,4,8,10-11H2,1-3H3. The van der Waals surface area contributed by atoms with Crippen molar-refractivity contribution in [1.29, 1.82) is 0 Å². The van der Waals surface area contributed by atoms with Crippen LogP contribution in [0.2, 0.25) is 0 Å². The summed E-state index contributed by atoms with van der Waals surface area (Å²) >= 11 is 0. The molecule has 0 fully saturated rings. The van der Waals surface area contributed by atoms with Crippen LogP contribution >= 0.6 is 0 Å². The van der Waals surface area contributed by atoms with E-state index in [9.17, 15) is 4.39 Å². The molecule has 0 aliphatic heterocycles. The maximum atomic E-state index is 13.1. The van der Waals surface area contributed by atoms with Gasteiger partial charge in [0.05, 0.1) is 0 Å². The van der Waals surface area contributed by atoms with Crippen LogP contribution in [0.15, 0.2) is 24.3 Å². The monoisotopic (exact) mass is 238 g/mol. The van der Waals surface area contributed by atoms with Gasteiger partial charge < -0.3 is 10.2 Å². The first kappa shape index (κ1) is 14.1. The Labute approximate surface area is 104 Å². The Morgan fingerprint density at radius 2 is 2.12 bits per heavy atom. The van der Waals surface area contributed by atoms with Gasteiger partial charge in [0.25, 0.3) is 0 Å². The van der Waals surface area contributed by atoms with Crippen LogP contribution < -0.4 is 5.32 Å². The Morgan fingerprint density at radius 1 is 1.35 bits per heavy atom. The molecule has 0 saturated carbocycles. The molecular weight excluding hydrogens is 215 g/mol. The van der Waals surface area contributed by atoms with Gasteiger partial charge in [0.1, 0.15) is 5.82 Å². The maximum Gasteiger partial charge on any atom is 0.123 e. The molecule has 1 unspecified atom stereocenters. The van der Waals surface area contributed by atoms with E-state index in [0.717, 1.165) is 31.5 Å². The van der Waals surface area contributed by atoms with Gasteiger partial charge >= 0.3 is 0 Å². The highest BCUT2D eigenvalue weighted by molar-refractivity contribution is 5.17. The minimum absolute atomic E-state index is 0.151. The number of hydrogen-bond acceptors (Lipinski definition) is 2. The van der Waals surface area contributed by atoms with Crippen molar-refractivity contribution in [3.63, 3.8) is 0 Å². The number of likely N-dealkylation sites (N-methyl/N-ethyl adjacent to an activating group) is 1. The van der Waals surface area contributed by atoms with E-state index in [1.165, 1.54) is 6.07 Å². The van der Waals surface area contributed by atoms with E-state index in [-0.39, 0.29) is 5.82 Å². The second-order valence-electron chi connectivity index (χ2n) is 4.75. The lowest BCUT2D eigenvalue weighted by molar-refractivity contribution is 0.336. The molecule has 0 aliphatic rings. The Morgan fingerprint density at radius 3 is 2.71 bits per heavy atom. The molecule has 3 heteroatoms. The highest BCUT2D eigenvalue weighted by Crippen LogP contribution is 2.07. The third kappa shape index (κ3) is 5.80. The van der Waals surface area contributed by atoms with Crippen LogP contribution in [0, 0.1) is 5.82 Å². The summed E-state index contributed by atoms with van der Waals surface area (Å²) < 4.78 is 13.1. The lowest BCUT2D eigenvalue weighted by Gasteiger charge is -2.22. The highest BCUT2D eigenvalue weighted by atomic mass is 19.1. The van der Waals surface area contributed by atoms with Gasteiger partial charge in [0, 0.05) is 12.6 Å². The molecule has 0 aromatic heterocycles. The number of benzene rings is 1. The van der Waals surface area contributed by atoms with Crippen LogP contribution in [0.4, 0.5) is 4.39 Å². The van der Waals surface area contributed by atoms with Crippen LogP contribution in [-0.2, 0) is 6.42 Å². The smallest absolute Gasteiger partial charge is 0.123 e. The summed E-state index contributed by atoms with van der Waals surface area (Å²) in [7, 11) is 4.12. The molecule has 0 heterocycles. The topological polar surface area (TPSA) is 15.3 Å². The molecule has 1 rings (SSSR count). The molecule has 1 aromatic carbocycles. The fourth-order valence-corrected chi connectivity index (χ4v) is 1.94. The fraction of sp³-hybridized carbons (Fsp3) is 0.571. The molecule has 0 saturated heterocycles. The van der Waals surface area contributed by atoms with E-state index in [1.807, 2.05) is 6.07 Å². The van der Waals surface area contributed by atoms with Crippen molar-refractivity contribution in [2.24, 2.45) is 0 Å². The molecule has 0 bridgehead atoms. The van der Waals surface area contributed by atoms with Gasteiger partial charge in [0.15, 0.2) is 0 Å². The fourth-order valence-electron chi connectivity index (χ4n) is 1.94. The van der Waals surface area contributed by atoms with Crippen molar-refractivity contribution in [1.82, 2.24) is 10.2 Å². The van der Waals surface area contributed by atoms with E-state index >= 15 is 0 Å². The Bertz CT molecular complexity index is 326. The van der Waals surface area contributed by atoms with E-state index in [4.69, 9.17) is 0 Å². The van der Waals surface area contributed by atoms with Gasteiger partial charge in [-0.2, -0.15) is 0 Å². The van der Waals surface area contributed by atoms with Crippen molar-refractivity contribution >= 4 is 0 Å². The summed E-state index contributed by atoms with van der Waals surface area (Å²) in [5, 5.41) is 3.50. The molecular formula is C14H23FN2. The quantitative estimate of drug-likeness (QED) is 0.784. The average molecular weight is 238 g/mol. The summed E-state index contributed by atoms with van der Waals surface area (Å²) in [6, 6.07) is 7.25. The molecule has 0 aliphatic carbocycles. The zero-order valence-corrected chi connectivity index (χ0v) is 11.0. The van der Waals surface area contributed by atoms with E-state index in [1.54, 1.807) is 12.1 Å². The Kier molecular flexibility index (Phi) is 6.16. The molecule has 1 aromatic rings. The molecule has 2 nitrogen and oxygen atoms in total. The van der Waals surface area contributed by atoms with Crippen LogP contribution in [0.25, 0.3) is 0 Å². The normalized spacial score (nSPS) is 13.0. The number of rotatable bonds is 7. The predicted octanol–water partition coefficient (Wildman–Crippen LogP) is 2.30. The maximum absolute atomic E-state index is 13.1.